The zero-order valence-corrected chi connectivity index (χ0v) is 13.7. The molecule has 0 saturated carbocycles. The van der Waals surface area contributed by atoms with E-state index in [4.69, 9.17) is 0 Å². The van der Waals surface area contributed by atoms with Crippen molar-refractivity contribution in [2.75, 3.05) is 0 Å². The van der Waals surface area contributed by atoms with Crippen molar-refractivity contribution in [3.8, 4) is 0 Å². The van der Waals surface area contributed by atoms with Gasteiger partial charge < -0.3 is 5.11 Å². The number of hydrogen-bond donors (Lipinski definition) is 1. The van der Waals surface area contributed by atoms with Crippen molar-refractivity contribution < 1.29 is 18.3 Å². The summed E-state index contributed by atoms with van der Waals surface area (Å²) in [5, 5.41) is 10.6. The minimum Gasteiger partial charge on any atom is -0.388 e. The van der Waals surface area contributed by atoms with Gasteiger partial charge in [0.2, 0.25) is 0 Å². The molecule has 0 amide bonds. The van der Waals surface area contributed by atoms with Crippen LogP contribution in [-0.4, -0.2) is 17.4 Å². The molecule has 0 fully saturated rings. The topological polar surface area (TPSA) is 20.2 Å². The first-order valence-electron chi connectivity index (χ1n) is 7.96. The molecule has 4 heteroatoms. The zero-order valence-electron chi connectivity index (χ0n) is 13.7. The van der Waals surface area contributed by atoms with E-state index in [1.165, 1.54) is 0 Å². The third kappa shape index (κ3) is 4.05. The maximum absolute atomic E-state index is 13.5. The van der Waals surface area contributed by atoms with Crippen molar-refractivity contribution in [2.45, 2.75) is 45.9 Å². The molecule has 2 rings (SSSR count). The van der Waals surface area contributed by atoms with Gasteiger partial charge in [0.1, 0.15) is 0 Å². The minimum absolute atomic E-state index is 0.0580. The Morgan fingerprint density at radius 3 is 2.48 bits per heavy atom. The van der Waals surface area contributed by atoms with Crippen LogP contribution in [0.1, 0.15) is 31.4 Å². The van der Waals surface area contributed by atoms with Gasteiger partial charge in [0.15, 0.2) is 0 Å². The molecule has 0 saturated heterocycles. The van der Waals surface area contributed by atoms with Crippen LogP contribution in [-0.2, 0) is 6.42 Å². The second-order valence-electron chi connectivity index (χ2n) is 6.34. The summed E-state index contributed by atoms with van der Waals surface area (Å²) in [5.74, 6) is -0.298. The van der Waals surface area contributed by atoms with Gasteiger partial charge in [-0.2, -0.15) is 13.2 Å². The minimum atomic E-state index is -4.46. The van der Waals surface area contributed by atoms with Crippen LogP contribution in [0.2, 0.25) is 0 Å². The Labute approximate surface area is 135 Å². The van der Waals surface area contributed by atoms with E-state index in [0.29, 0.717) is 6.42 Å². The van der Waals surface area contributed by atoms with E-state index in [2.05, 4.69) is 0 Å². The lowest BCUT2D eigenvalue weighted by Crippen LogP contribution is -2.28. The molecular weight excluding hydrogens is 301 g/mol. The van der Waals surface area contributed by atoms with Crippen molar-refractivity contribution >= 4 is 0 Å². The van der Waals surface area contributed by atoms with Gasteiger partial charge in [-0.1, -0.05) is 55.8 Å². The molecule has 126 valence electrons. The fraction of sp³-hybridized carbons (Fsp3) is 0.474. The second-order valence-corrected chi connectivity index (χ2v) is 6.34. The molecule has 3 atom stereocenters. The molecule has 3 unspecified atom stereocenters. The van der Waals surface area contributed by atoms with Crippen LogP contribution in [0.4, 0.5) is 13.2 Å². The molecule has 0 aliphatic heterocycles. The summed E-state index contributed by atoms with van der Waals surface area (Å²) in [5.41, 5.74) is 1.16. The van der Waals surface area contributed by atoms with Gasteiger partial charge in [0, 0.05) is 0 Å². The summed E-state index contributed by atoms with van der Waals surface area (Å²) in [6.45, 7) is 5.65. The summed E-state index contributed by atoms with van der Waals surface area (Å²) < 4.78 is 40.4. The maximum atomic E-state index is 13.5. The van der Waals surface area contributed by atoms with Crippen LogP contribution in [0.15, 0.2) is 47.6 Å². The number of rotatable bonds is 3. The van der Waals surface area contributed by atoms with E-state index in [-0.39, 0.29) is 23.8 Å². The number of aliphatic hydroxyl groups excluding tert-OH is 1. The van der Waals surface area contributed by atoms with Crippen LogP contribution < -0.4 is 0 Å². The number of aryl methyl sites for hydroxylation is 1. The van der Waals surface area contributed by atoms with E-state index < -0.39 is 17.9 Å². The molecule has 0 spiro atoms. The van der Waals surface area contributed by atoms with E-state index in [1.807, 2.05) is 39.0 Å². The maximum Gasteiger partial charge on any atom is 0.416 e. The predicted octanol–water partition coefficient (Wildman–Crippen LogP) is 4.99. The van der Waals surface area contributed by atoms with Crippen molar-refractivity contribution in [1.29, 1.82) is 0 Å². The summed E-state index contributed by atoms with van der Waals surface area (Å²) in [6, 6.07) is 7.40. The van der Waals surface area contributed by atoms with Crippen LogP contribution in [0.25, 0.3) is 0 Å². The average molecular weight is 324 g/mol. The van der Waals surface area contributed by atoms with Crippen molar-refractivity contribution in [3.63, 3.8) is 0 Å². The van der Waals surface area contributed by atoms with Crippen LogP contribution in [0.5, 0.6) is 0 Å². The van der Waals surface area contributed by atoms with Gasteiger partial charge in [0.25, 0.3) is 0 Å². The molecule has 1 aromatic carbocycles. The highest BCUT2D eigenvalue weighted by atomic mass is 19.4. The summed E-state index contributed by atoms with van der Waals surface area (Å²) in [4.78, 5) is 0. The van der Waals surface area contributed by atoms with E-state index in [0.717, 1.165) is 17.2 Å². The van der Waals surface area contributed by atoms with Gasteiger partial charge in [-0.25, -0.2) is 0 Å². The Morgan fingerprint density at radius 1 is 1.22 bits per heavy atom. The normalized spacial score (nSPS) is 25.6. The average Bonchev–Trinajstić information content (AvgIpc) is 2.58. The van der Waals surface area contributed by atoms with Crippen molar-refractivity contribution in [2.24, 2.45) is 11.8 Å². The third-order valence-corrected chi connectivity index (χ3v) is 4.64. The van der Waals surface area contributed by atoms with E-state index in [1.54, 1.807) is 12.1 Å². The number of allylic oxidation sites excluding steroid dienone is 3. The Bertz CT molecular complexity index is 613. The highest BCUT2D eigenvalue weighted by Gasteiger charge is 2.39. The van der Waals surface area contributed by atoms with Gasteiger partial charge in [0.05, 0.1) is 11.7 Å². The lowest BCUT2D eigenvalue weighted by atomic mass is 9.83. The predicted molar refractivity (Wildman–Crippen MR) is 86.1 cm³/mol. The van der Waals surface area contributed by atoms with Crippen LogP contribution in [0.3, 0.4) is 0 Å². The Hall–Kier alpha value is -1.55. The first kappa shape index (κ1) is 17.8. The lowest BCUT2D eigenvalue weighted by Gasteiger charge is -2.26. The largest absolute Gasteiger partial charge is 0.416 e. The molecular formula is C19H23F3O. The fourth-order valence-electron chi connectivity index (χ4n) is 3.24. The van der Waals surface area contributed by atoms with Crippen LogP contribution >= 0.6 is 0 Å². The zero-order chi connectivity index (χ0) is 17.2. The summed E-state index contributed by atoms with van der Waals surface area (Å²) in [6.07, 6.45) is -1.97. The first-order chi connectivity index (χ1) is 10.7. The number of alkyl halides is 3. The molecule has 23 heavy (non-hydrogen) atoms. The quantitative estimate of drug-likeness (QED) is 0.830. The third-order valence-electron chi connectivity index (χ3n) is 4.64. The monoisotopic (exact) mass is 324 g/mol. The van der Waals surface area contributed by atoms with Gasteiger partial charge in [-0.15, -0.1) is 0 Å². The smallest absolute Gasteiger partial charge is 0.388 e. The van der Waals surface area contributed by atoms with Crippen LogP contribution in [0, 0.1) is 18.8 Å². The highest BCUT2D eigenvalue weighted by Crippen LogP contribution is 2.38. The molecule has 1 nitrogen and oxygen atoms in total. The fourth-order valence-corrected chi connectivity index (χ4v) is 3.24. The molecule has 1 N–H and O–H groups in total. The number of benzene rings is 1. The van der Waals surface area contributed by atoms with E-state index in [9.17, 15) is 18.3 Å². The number of hydrogen-bond acceptors (Lipinski definition) is 1. The van der Waals surface area contributed by atoms with Gasteiger partial charge in [-0.3, -0.25) is 0 Å². The Kier molecular flexibility index (Phi) is 5.35. The lowest BCUT2D eigenvalue weighted by molar-refractivity contribution is -0.0901. The van der Waals surface area contributed by atoms with Gasteiger partial charge in [-0.05, 0) is 42.7 Å². The van der Waals surface area contributed by atoms with Crippen molar-refractivity contribution in [1.82, 2.24) is 0 Å². The molecule has 1 aliphatic carbocycles. The number of halogens is 3. The molecule has 0 aromatic heterocycles. The number of aliphatic hydroxyl groups is 1. The molecule has 0 heterocycles. The molecule has 0 radical (unpaired) electrons. The standard InChI is InChI=1S/C19H23F3O/c1-4-15-8-9-17(19(20,21)22)16(18(23)13(15)3)11-14-7-5-6-12(2)10-14/h5-10,13,15,18,23H,4,11H2,1-3H3. The second kappa shape index (κ2) is 6.91. The van der Waals surface area contributed by atoms with E-state index >= 15 is 0 Å². The summed E-state index contributed by atoms with van der Waals surface area (Å²) in [7, 11) is 0. The first-order valence-corrected chi connectivity index (χ1v) is 7.96. The molecule has 0 bridgehead atoms. The highest BCUT2D eigenvalue weighted by molar-refractivity contribution is 5.39. The molecule has 1 aliphatic rings. The SMILES string of the molecule is CCC1C=CC(C(F)(F)F)=C(Cc2cccc(C)c2)C(O)C1C. The molecule has 1 aromatic rings. The Balaban J connectivity index is 2.48. The van der Waals surface area contributed by atoms with Crippen molar-refractivity contribution in [3.05, 3.63) is 58.7 Å². The van der Waals surface area contributed by atoms with Gasteiger partial charge >= 0.3 is 6.18 Å². The summed E-state index contributed by atoms with van der Waals surface area (Å²) >= 11 is 0. The Morgan fingerprint density at radius 2 is 1.91 bits per heavy atom.